The number of hydrogen-bond donors (Lipinski definition) is 6. The van der Waals surface area contributed by atoms with Crippen molar-refractivity contribution in [1.29, 1.82) is 0 Å². The van der Waals surface area contributed by atoms with Crippen molar-refractivity contribution < 1.29 is 53.0 Å². The molecular weight excluding hydrogens is 1150 g/mol. The van der Waals surface area contributed by atoms with Gasteiger partial charge in [0, 0.05) is 129 Å². The second kappa shape index (κ2) is 26.6. The number of nitro benzene ring substituents is 2. The number of non-ortho nitro benzene ring substituents is 2. The molecule has 0 saturated carbocycles. The first-order valence-corrected chi connectivity index (χ1v) is 26.2. The summed E-state index contributed by atoms with van der Waals surface area (Å²) >= 11 is 0. The third-order valence-electron chi connectivity index (χ3n) is 13.9. The molecule has 85 heavy (non-hydrogen) atoms. The highest BCUT2D eigenvalue weighted by Gasteiger charge is 2.37. The number of carbonyl (C=O) groups excluding carboxylic acids is 9. The van der Waals surface area contributed by atoms with E-state index in [0.717, 1.165) is 34.9 Å². The largest absolute Gasteiger partial charge is 0.352 e. The van der Waals surface area contributed by atoms with Crippen molar-refractivity contribution in [3.63, 3.8) is 0 Å². The quantitative estimate of drug-likeness (QED) is 0.0190. The zero-order chi connectivity index (χ0) is 59.4. The number of rotatable bonds is 23. The maximum Gasteiger partial charge on any atom is 0.272 e. The van der Waals surface area contributed by atoms with Crippen molar-refractivity contribution in [2.45, 2.75) is 19.3 Å². The lowest BCUT2D eigenvalue weighted by Gasteiger charge is -2.28. The number of aryl methyl sites for hydroxylation is 2. The molecule has 0 atom stereocenters. The second-order valence-electron chi connectivity index (χ2n) is 20.0. The number of nitro groups is 2. The third-order valence-corrected chi connectivity index (χ3v) is 13.9. The predicted molar refractivity (Wildman–Crippen MR) is 318 cm³/mol. The van der Waals surface area contributed by atoms with Gasteiger partial charge in [0.05, 0.1) is 38.0 Å². The van der Waals surface area contributed by atoms with Crippen molar-refractivity contribution >= 4 is 128 Å². The van der Waals surface area contributed by atoms with E-state index in [1.54, 1.807) is 49.3 Å². The molecule has 5 aromatic carbocycles. The normalized spacial score (nSPS) is 12.4. The van der Waals surface area contributed by atoms with Gasteiger partial charge in [0.1, 0.15) is 11.4 Å². The number of nitrogens with zero attached hydrogens (tertiary/aromatic N) is 7. The fourth-order valence-electron chi connectivity index (χ4n) is 9.94. The Hall–Kier alpha value is -9.89. The van der Waals surface area contributed by atoms with E-state index in [4.69, 9.17) is 0 Å². The number of aromatic nitrogens is 2. The second-order valence-corrected chi connectivity index (χ2v) is 20.0. The van der Waals surface area contributed by atoms with E-state index in [9.17, 15) is 63.4 Å². The van der Waals surface area contributed by atoms with Crippen LogP contribution in [0.15, 0.2) is 103 Å². The van der Waals surface area contributed by atoms with Gasteiger partial charge < -0.3 is 45.9 Å². The fraction of sp³-hybridized carbons (Fsp3) is 0.246. The first-order chi connectivity index (χ1) is 39.7. The van der Waals surface area contributed by atoms with E-state index in [2.05, 4.69) is 31.9 Å². The van der Waals surface area contributed by atoms with Gasteiger partial charge in [0.15, 0.2) is 0 Å². The van der Waals surface area contributed by atoms with E-state index < -0.39 is 62.8 Å². The Balaban J connectivity index is 0.00000518. The molecule has 0 radical (unpaired) electrons. The van der Waals surface area contributed by atoms with Crippen molar-refractivity contribution in [1.82, 2.24) is 40.2 Å². The molecule has 7 aromatic rings. The van der Waals surface area contributed by atoms with Gasteiger partial charge in [-0.1, -0.05) is 24.3 Å². The molecule has 2 aromatic heterocycles. The van der Waals surface area contributed by atoms with Crippen LogP contribution >= 0.6 is 24.8 Å². The zero-order valence-corrected chi connectivity index (χ0v) is 47.8. The van der Waals surface area contributed by atoms with Crippen LogP contribution in [-0.4, -0.2) is 142 Å². The van der Waals surface area contributed by atoms with Gasteiger partial charge in [0.2, 0.25) is 5.91 Å². The zero-order valence-electron chi connectivity index (χ0n) is 46.1. The minimum Gasteiger partial charge on any atom is -0.352 e. The molecule has 26 nitrogen and oxygen atoms in total. The van der Waals surface area contributed by atoms with Gasteiger partial charge in [-0.2, -0.15) is 0 Å². The summed E-state index contributed by atoms with van der Waals surface area (Å²) in [4.78, 5) is 148. The Morgan fingerprint density at radius 2 is 1.04 bits per heavy atom. The molecule has 0 unspecified atom stereocenters. The predicted octanol–water partition coefficient (Wildman–Crippen LogP) is 5.83. The molecule has 0 saturated heterocycles. The molecule has 0 aliphatic carbocycles. The molecule has 0 spiro atoms. The van der Waals surface area contributed by atoms with Gasteiger partial charge in [-0.25, -0.2) is 4.90 Å². The van der Waals surface area contributed by atoms with Crippen LogP contribution < -0.4 is 36.8 Å². The molecule has 0 bridgehead atoms. The summed E-state index contributed by atoms with van der Waals surface area (Å²) in [5, 5.41) is 41.5. The van der Waals surface area contributed by atoms with Crippen LogP contribution in [0.1, 0.15) is 102 Å². The van der Waals surface area contributed by atoms with E-state index in [1.165, 1.54) is 65.2 Å². The topological polar surface area (TPSA) is 332 Å². The Kier molecular flexibility index (Phi) is 19.6. The van der Waals surface area contributed by atoms with E-state index >= 15 is 0 Å². The minimum absolute atomic E-state index is 0. The average molecular weight is 1200 g/mol. The standard InChI is InChI=1S/C57H55N13O13.2ClH/c1-64(2)19-8-15-60-52(74)45-27-37(31-65(45)3)63-53(75)46-26-36(30-66(46)4)62-47(71)13-7-14-59-50(72)34-21-35(25-38(24-34)68-56(78)42-12-6-10-33-23-40(70(82)83)29-44(49(33)42)57(68)79)51(73)61-17-16-58-18-20-67-54(76)41-11-5-9-32-22-39(69(80)81)28-43(48(32)41)55(67)77;;/h5-6,9-12,21-31,58H,7-8,13-20H2,1-4H3,(H,59,72)(H,60,74)(H,61,73)(H,62,71)(H,63,75);2*1H. The third kappa shape index (κ3) is 13.5. The number of anilines is 3. The first-order valence-electron chi connectivity index (χ1n) is 26.2. The molecular formula is C57H57Cl2N13O13. The van der Waals surface area contributed by atoms with Crippen LogP contribution in [0.4, 0.5) is 28.4 Å². The van der Waals surface area contributed by atoms with Crippen LogP contribution in [-0.2, 0) is 18.9 Å². The highest BCUT2D eigenvalue weighted by molar-refractivity contribution is 6.36. The van der Waals surface area contributed by atoms with Crippen LogP contribution in [0.2, 0.25) is 0 Å². The average Bonchev–Trinajstić information content (AvgIpc) is 2.10. The van der Waals surface area contributed by atoms with Crippen molar-refractivity contribution in [3.05, 3.63) is 168 Å². The maximum atomic E-state index is 14.3. The Morgan fingerprint density at radius 3 is 1.61 bits per heavy atom. The molecule has 9 amide bonds. The number of halogens is 2. The van der Waals surface area contributed by atoms with Crippen LogP contribution in [0.25, 0.3) is 21.5 Å². The highest BCUT2D eigenvalue weighted by Crippen LogP contribution is 2.37. The Labute approximate surface area is 496 Å². The summed E-state index contributed by atoms with van der Waals surface area (Å²) in [5.41, 5.74) is 0.128. The maximum absolute atomic E-state index is 14.3. The summed E-state index contributed by atoms with van der Waals surface area (Å²) in [6.07, 6.45) is 3.95. The van der Waals surface area contributed by atoms with Gasteiger partial charge in [0.25, 0.3) is 58.6 Å². The minimum atomic E-state index is -0.950. The molecule has 2 aliphatic rings. The highest BCUT2D eigenvalue weighted by atomic mass is 35.5. The summed E-state index contributed by atoms with van der Waals surface area (Å²) in [5.74, 6) is -5.79. The molecule has 0 fully saturated rings. The SMILES string of the molecule is CN(C)CCCNC(=O)c1cc(NC(=O)c2cc(NC(=O)CCCNC(=O)c3cc(C(=O)NCCNCCN4C(=O)c5cccc6cc([N+](=O)[O-])cc(c56)C4=O)cc(N4C(=O)c5cccc6cc([N+](=O)[O-])cc(c56)C4=O)c3)cn2C)cn1C.Cl.Cl. The van der Waals surface area contributed by atoms with E-state index in [1.807, 2.05) is 19.0 Å². The van der Waals surface area contributed by atoms with Crippen LogP contribution in [0, 0.1) is 20.2 Å². The first kappa shape index (κ1) is 62.7. The molecule has 6 N–H and O–H groups in total. The Morgan fingerprint density at radius 1 is 0.541 bits per heavy atom. The molecule has 2 aliphatic heterocycles. The molecule has 442 valence electrons. The van der Waals surface area contributed by atoms with Gasteiger partial charge in [-0.05, 0) is 86.7 Å². The number of benzene rings is 5. The monoisotopic (exact) mass is 1200 g/mol. The van der Waals surface area contributed by atoms with Gasteiger partial charge >= 0.3 is 0 Å². The van der Waals surface area contributed by atoms with Gasteiger partial charge in [-0.3, -0.25) is 68.3 Å². The number of nitrogens with one attached hydrogen (secondary N) is 6. The van der Waals surface area contributed by atoms with Crippen molar-refractivity contribution in [3.8, 4) is 0 Å². The summed E-state index contributed by atoms with van der Waals surface area (Å²) in [6.45, 7) is 1.22. The summed E-state index contributed by atoms with van der Waals surface area (Å²) in [7, 11) is 7.20. The van der Waals surface area contributed by atoms with Crippen LogP contribution in [0.5, 0.6) is 0 Å². The molecule has 9 rings (SSSR count). The number of carbonyl (C=O) groups is 9. The smallest absolute Gasteiger partial charge is 0.272 e. The Bertz CT molecular complexity index is 3910. The summed E-state index contributed by atoms with van der Waals surface area (Å²) < 4.78 is 3.12. The number of hydrogen-bond acceptors (Lipinski definition) is 15. The van der Waals surface area contributed by atoms with Crippen LogP contribution in [0.3, 0.4) is 0 Å². The summed E-state index contributed by atoms with van der Waals surface area (Å²) in [6, 6.07) is 20.6. The number of imide groups is 2. The van der Waals surface area contributed by atoms with E-state index in [-0.39, 0.29) is 138 Å². The van der Waals surface area contributed by atoms with Gasteiger partial charge in [-0.15, -0.1) is 24.8 Å². The fourth-order valence-corrected chi connectivity index (χ4v) is 9.94. The lowest BCUT2D eigenvalue weighted by molar-refractivity contribution is -0.384. The van der Waals surface area contributed by atoms with E-state index in [0.29, 0.717) is 34.4 Å². The number of amides is 9. The molecule has 28 heteroatoms. The lowest BCUT2D eigenvalue weighted by atomic mass is 9.92. The lowest BCUT2D eigenvalue weighted by Crippen LogP contribution is -2.44. The van der Waals surface area contributed by atoms with Crippen molar-refractivity contribution in [2.75, 3.05) is 75.4 Å². The van der Waals surface area contributed by atoms with Crippen molar-refractivity contribution in [2.24, 2.45) is 14.1 Å². The molecule has 4 heterocycles.